The predicted molar refractivity (Wildman–Crippen MR) is 94.6 cm³/mol. The van der Waals surface area contributed by atoms with Crippen molar-refractivity contribution in [3.05, 3.63) is 0 Å². The van der Waals surface area contributed by atoms with Crippen molar-refractivity contribution in [2.45, 2.75) is 93.7 Å². The zero-order valence-electron chi connectivity index (χ0n) is 15.9. The number of Topliss-reactive ketones (excluding diaryl/α,β-unsaturated/α-hetero) is 1. The van der Waals surface area contributed by atoms with Crippen LogP contribution in [0, 0.1) is 0 Å². The summed E-state index contributed by atoms with van der Waals surface area (Å²) < 4.78 is 0. The van der Waals surface area contributed by atoms with Crippen LogP contribution in [0.1, 0.15) is 81.6 Å². The molecule has 3 heteroatoms. The molecule has 3 nitrogen and oxygen atoms in total. The van der Waals surface area contributed by atoms with Crippen LogP contribution in [0.25, 0.3) is 0 Å². The molecule has 0 fully saturated rings. The lowest BCUT2D eigenvalue weighted by Crippen LogP contribution is -2.32. The Labute approximate surface area is 129 Å². The lowest BCUT2D eigenvalue weighted by atomic mass is 10.1. The molecule has 20 heavy (non-hydrogen) atoms. The topological polar surface area (TPSA) is 41.1 Å². The van der Waals surface area contributed by atoms with Gasteiger partial charge < -0.3 is 10.6 Å². The van der Waals surface area contributed by atoms with E-state index in [0.717, 1.165) is 25.8 Å². The highest BCUT2D eigenvalue weighted by Crippen LogP contribution is 2.01. The molecule has 1 unspecified atom stereocenters. The van der Waals surface area contributed by atoms with Crippen LogP contribution in [-0.4, -0.2) is 31.5 Å². The third-order valence-corrected chi connectivity index (χ3v) is 2.31. The first-order chi connectivity index (χ1) is 9.57. The number of hydrogen-bond acceptors (Lipinski definition) is 3. The first kappa shape index (κ1) is 27.9. The van der Waals surface area contributed by atoms with Gasteiger partial charge in [-0.2, -0.15) is 0 Å². The highest BCUT2D eigenvalue weighted by atomic mass is 16.1. The van der Waals surface area contributed by atoms with Gasteiger partial charge in [0.15, 0.2) is 0 Å². The van der Waals surface area contributed by atoms with E-state index in [4.69, 9.17) is 0 Å². The lowest BCUT2D eigenvalue weighted by molar-refractivity contribution is -0.119. The van der Waals surface area contributed by atoms with Crippen LogP contribution in [0.2, 0.25) is 0 Å². The van der Waals surface area contributed by atoms with Gasteiger partial charge in [-0.3, -0.25) is 4.79 Å². The Hall–Kier alpha value is -0.410. The quantitative estimate of drug-likeness (QED) is 0.651. The van der Waals surface area contributed by atoms with Crippen molar-refractivity contribution >= 4 is 5.78 Å². The first-order valence-electron chi connectivity index (χ1n) is 8.49. The minimum atomic E-state index is 0.0500. The summed E-state index contributed by atoms with van der Waals surface area (Å²) in [5.41, 5.74) is 0. The lowest BCUT2D eigenvalue weighted by Gasteiger charge is -2.12. The van der Waals surface area contributed by atoms with Crippen LogP contribution in [0.15, 0.2) is 0 Å². The molecule has 2 N–H and O–H groups in total. The summed E-state index contributed by atoms with van der Waals surface area (Å²) in [6.45, 7) is 19.0. The molecule has 0 spiro atoms. The average Bonchev–Trinajstić information content (AvgIpc) is 2.48. The summed E-state index contributed by atoms with van der Waals surface area (Å²) in [6, 6.07) is 0.608. The summed E-state index contributed by atoms with van der Waals surface area (Å²) in [4.78, 5) is 11.1. The standard InChI is InChI=1S/C11H24N2O.3C2H6/c1-9(2)13-8-6-5-7-11(12-4)10(3)14;3*1-2/h9,11-13H,5-8H2,1-4H3;3*1-2H3. The Morgan fingerprint density at radius 3 is 1.70 bits per heavy atom. The second kappa shape index (κ2) is 27.0. The first-order valence-corrected chi connectivity index (χ1v) is 8.49. The molecule has 0 aromatic heterocycles. The number of hydrogen-bond donors (Lipinski definition) is 2. The van der Waals surface area contributed by atoms with E-state index in [-0.39, 0.29) is 11.8 Å². The van der Waals surface area contributed by atoms with E-state index >= 15 is 0 Å². The Morgan fingerprint density at radius 1 is 0.950 bits per heavy atom. The summed E-state index contributed by atoms with van der Waals surface area (Å²) in [5, 5.41) is 6.39. The molecule has 0 heterocycles. The zero-order valence-corrected chi connectivity index (χ0v) is 15.9. The van der Waals surface area contributed by atoms with Gasteiger partial charge in [-0.1, -0.05) is 61.8 Å². The average molecular weight is 291 g/mol. The van der Waals surface area contributed by atoms with Gasteiger partial charge in [0.05, 0.1) is 6.04 Å². The fourth-order valence-corrected chi connectivity index (χ4v) is 1.42. The normalized spacial score (nSPS) is 10.2. The maximum absolute atomic E-state index is 11.1. The molecule has 1 atom stereocenters. The van der Waals surface area contributed by atoms with Crippen LogP contribution in [0.5, 0.6) is 0 Å². The van der Waals surface area contributed by atoms with Gasteiger partial charge in [-0.25, -0.2) is 0 Å². The number of unbranched alkanes of at least 4 members (excludes halogenated alkanes) is 1. The van der Waals surface area contributed by atoms with Gasteiger partial charge in [0.25, 0.3) is 0 Å². The summed E-state index contributed by atoms with van der Waals surface area (Å²) >= 11 is 0. The van der Waals surface area contributed by atoms with Gasteiger partial charge in [-0.15, -0.1) is 0 Å². The van der Waals surface area contributed by atoms with Crippen molar-refractivity contribution in [1.29, 1.82) is 0 Å². The molecule has 0 aromatic carbocycles. The number of ketones is 1. The van der Waals surface area contributed by atoms with E-state index in [1.54, 1.807) is 6.92 Å². The number of nitrogens with one attached hydrogen (secondary N) is 2. The molecular formula is C17H42N2O. The van der Waals surface area contributed by atoms with Crippen molar-refractivity contribution in [1.82, 2.24) is 10.6 Å². The third-order valence-electron chi connectivity index (χ3n) is 2.31. The van der Waals surface area contributed by atoms with Crippen LogP contribution in [0.3, 0.4) is 0 Å². The van der Waals surface area contributed by atoms with E-state index in [9.17, 15) is 4.79 Å². The number of rotatable bonds is 8. The SMILES string of the molecule is CC.CC.CC.CNC(CCCCNC(C)C)C(C)=O. The van der Waals surface area contributed by atoms with Gasteiger partial charge >= 0.3 is 0 Å². The van der Waals surface area contributed by atoms with Gasteiger partial charge in [0, 0.05) is 6.04 Å². The maximum atomic E-state index is 11.1. The molecule has 0 aliphatic heterocycles. The Balaban J connectivity index is -0.000000187. The second-order valence-electron chi connectivity index (χ2n) is 4.06. The van der Waals surface area contributed by atoms with Crippen molar-refractivity contribution in [2.75, 3.05) is 13.6 Å². The predicted octanol–water partition coefficient (Wildman–Crippen LogP) is 4.41. The number of carbonyl (C=O) groups excluding carboxylic acids is 1. The van der Waals surface area contributed by atoms with Crippen molar-refractivity contribution in [3.8, 4) is 0 Å². The van der Waals surface area contributed by atoms with Crippen LogP contribution >= 0.6 is 0 Å². The molecule has 0 amide bonds. The third kappa shape index (κ3) is 26.2. The van der Waals surface area contributed by atoms with Crippen molar-refractivity contribution in [2.24, 2.45) is 0 Å². The molecule has 126 valence electrons. The van der Waals surface area contributed by atoms with Crippen LogP contribution in [-0.2, 0) is 4.79 Å². The molecule has 0 saturated heterocycles. The number of carbonyl (C=O) groups is 1. The van der Waals surface area contributed by atoms with E-state index in [1.807, 2.05) is 48.6 Å². The maximum Gasteiger partial charge on any atom is 0.146 e. The molecule has 0 saturated carbocycles. The van der Waals surface area contributed by atoms with Gasteiger partial charge in [-0.05, 0) is 33.4 Å². The molecule has 0 rings (SSSR count). The van der Waals surface area contributed by atoms with Crippen LogP contribution in [0.4, 0.5) is 0 Å². The van der Waals surface area contributed by atoms with Gasteiger partial charge in [0.2, 0.25) is 0 Å². The summed E-state index contributed by atoms with van der Waals surface area (Å²) in [6.07, 6.45) is 3.19. The number of likely N-dealkylation sites (N-methyl/N-ethyl adjacent to an activating group) is 1. The monoisotopic (exact) mass is 290 g/mol. The highest BCUT2D eigenvalue weighted by molar-refractivity contribution is 5.81. The summed E-state index contributed by atoms with van der Waals surface area (Å²) in [7, 11) is 1.85. The molecule has 0 radical (unpaired) electrons. The Bertz CT molecular complexity index is 159. The highest BCUT2D eigenvalue weighted by Gasteiger charge is 2.09. The van der Waals surface area contributed by atoms with Crippen molar-refractivity contribution < 1.29 is 4.79 Å². The second-order valence-corrected chi connectivity index (χ2v) is 4.06. The Morgan fingerprint density at radius 2 is 1.40 bits per heavy atom. The van der Waals surface area contributed by atoms with E-state index in [2.05, 4.69) is 24.5 Å². The van der Waals surface area contributed by atoms with Crippen LogP contribution < -0.4 is 10.6 Å². The van der Waals surface area contributed by atoms with Crippen molar-refractivity contribution in [3.63, 3.8) is 0 Å². The fraction of sp³-hybridized carbons (Fsp3) is 0.941. The minimum absolute atomic E-state index is 0.0500. The molecule has 0 aliphatic carbocycles. The smallest absolute Gasteiger partial charge is 0.146 e. The van der Waals surface area contributed by atoms with Gasteiger partial charge in [0.1, 0.15) is 5.78 Å². The minimum Gasteiger partial charge on any atom is -0.315 e. The zero-order chi connectivity index (χ0) is 17.0. The van der Waals surface area contributed by atoms with E-state index in [1.165, 1.54) is 0 Å². The fourth-order valence-electron chi connectivity index (χ4n) is 1.42. The largest absolute Gasteiger partial charge is 0.315 e. The Kier molecular flexibility index (Phi) is 37.6. The molecule has 0 bridgehead atoms. The van der Waals surface area contributed by atoms with E-state index < -0.39 is 0 Å². The molecule has 0 aliphatic rings. The van der Waals surface area contributed by atoms with E-state index in [0.29, 0.717) is 6.04 Å². The molecule has 0 aromatic rings. The summed E-state index contributed by atoms with van der Waals surface area (Å²) in [5.74, 6) is 0.240. The molecular weight excluding hydrogens is 248 g/mol.